The lowest BCUT2D eigenvalue weighted by Gasteiger charge is -2.25. The summed E-state index contributed by atoms with van der Waals surface area (Å²) < 4.78 is 11.1. The fraction of sp³-hybridized carbons (Fsp3) is 0.517. The number of phenolic OH excluding ortho intramolecular Hbond substituents is 4. The van der Waals surface area contributed by atoms with Crippen molar-refractivity contribution in [2.45, 2.75) is 84.8 Å². The molecule has 0 aliphatic carbocycles. The van der Waals surface area contributed by atoms with E-state index in [1.807, 2.05) is 0 Å². The molecule has 0 radical (unpaired) electrons. The van der Waals surface area contributed by atoms with Crippen LogP contribution in [0, 0.1) is 0 Å². The molecule has 0 saturated carbocycles. The van der Waals surface area contributed by atoms with Crippen LogP contribution >= 0.6 is 0 Å². The van der Waals surface area contributed by atoms with Crippen molar-refractivity contribution in [3.8, 4) is 34.5 Å². The number of methoxy groups -OCH3 is 2. The number of carbonyl (C=O) groups excluding carboxylic acids is 2. The number of aromatic hydroxyl groups is 4. The smallest absolute Gasteiger partial charge is 0.167 e. The van der Waals surface area contributed by atoms with Gasteiger partial charge in [0, 0.05) is 28.7 Å². The van der Waals surface area contributed by atoms with Crippen LogP contribution in [0.5, 0.6) is 34.5 Å². The molecule has 0 unspecified atom stereocenters. The van der Waals surface area contributed by atoms with Gasteiger partial charge in [-0.25, -0.2) is 0 Å². The molecule has 0 aliphatic heterocycles. The summed E-state index contributed by atoms with van der Waals surface area (Å²) in [6.45, 7) is 8.68. The van der Waals surface area contributed by atoms with Crippen LogP contribution in [0.3, 0.4) is 0 Å². The average molecular weight is 549 g/mol. The molecule has 0 bridgehead atoms. The molecular formula is C29H40O10. The Kier molecular flexibility index (Phi) is 9.52. The normalized spacial score (nSPS) is 11.9. The zero-order valence-corrected chi connectivity index (χ0v) is 23.9. The second-order valence-electron chi connectivity index (χ2n) is 11.0. The first-order chi connectivity index (χ1) is 17.9. The van der Waals surface area contributed by atoms with Crippen molar-refractivity contribution in [3.05, 3.63) is 33.4 Å². The Morgan fingerprint density at radius 1 is 0.615 bits per heavy atom. The van der Waals surface area contributed by atoms with Crippen molar-refractivity contribution >= 4 is 11.6 Å². The van der Waals surface area contributed by atoms with Crippen LogP contribution in [0.1, 0.15) is 97.4 Å². The number of hydrogen-bond donors (Lipinski definition) is 6. The van der Waals surface area contributed by atoms with Gasteiger partial charge in [-0.15, -0.1) is 0 Å². The number of hydrogen-bond acceptors (Lipinski definition) is 10. The van der Waals surface area contributed by atoms with Crippen LogP contribution < -0.4 is 9.47 Å². The third-order valence-corrected chi connectivity index (χ3v) is 6.63. The number of carbonyl (C=O) groups is 2. The van der Waals surface area contributed by atoms with Crippen molar-refractivity contribution < 1.29 is 49.7 Å². The molecule has 0 aromatic heterocycles. The number of aliphatic hydroxyl groups is 2. The zero-order valence-electron chi connectivity index (χ0n) is 23.9. The van der Waals surface area contributed by atoms with Crippen molar-refractivity contribution in [2.75, 3.05) is 14.2 Å². The average Bonchev–Trinajstić information content (AvgIpc) is 2.78. The summed E-state index contributed by atoms with van der Waals surface area (Å²) in [5, 5.41) is 64.7. The highest BCUT2D eigenvalue weighted by molar-refractivity contribution is 6.02. The topological polar surface area (TPSA) is 174 Å². The molecule has 0 aliphatic rings. The molecule has 39 heavy (non-hydrogen) atoms. The molecule has 0 fully saturated rings. The summed E-state index contributed by atoms with van der Waals surface area (Å²) in [5.74, 6) is -3.34. The highest BCUT2D eigenvalue weighted by Gasteiger charge is 2.32. The van der Waals surface area contributed by atoms with Gasteiger partial charge in [0.15, 0.2) is 11.6 Å². The maximum absolute atomic E-state index is 12.5. The van der Waals surface area contributed by atoms with Gasteiger partial charge >= 0.3 is 0 Å². The summed E-state index contributed by atoms with van der Waals surface area (Å²) >= 11 is 0. The number of ketones is 2. The van der Waals surface area contributed by atoms with Crippen molar-refractivity contribution in [2.24, 2.45) is 0 Å². The van der Waals surface area contributed by atoms with Crippen molar-refractivity contribution in [3.63, 3.8) is 0 Å². The van der Waals surface area contributed by atoms with E-state index >= 15 is 0 Å². The van der Waals surface area contributed by atoms with Gasteiger partial charge in [-0.05, 0) is 67.2 Å². The van der Waals surface area contributed by atoms with E-state index in [0.29, 0.717) is 0 Å². The maximum Gasteiger partial charge on any atom is 0.167 e. The molecule has 0 saturated heterocycles. The van der Waals surface area contributed by atoms with E-state index in [1.165, 1.54) is 28.1 Å². The zero-order chi connectivity index (χ0) is 30.0. The molecule has 0 heterocycles. The number of benzene rings is 2. The molecule has 10 heteroatoms. The largest absolute Gasteiger partial charge is 0.507 e. The monoisotopic (exact) mass is 548 g/mol. The number of ether oxygens (including phenoxy) is 2. The van der Waals surface area contributed by atoms with Gasteiger partial charge in [-0.1, -0.05) is 0 Å². The Morgan fingerprint density at radius 2 is 0.897 bits per heavy atom. The van der Waals surface area contributed by atoms with Gasteiger partial charge in [0.05, 0.1) is 25.4 Å². The summed E-state index contributed by atoms with van der Waals surface area (Å²) in [5.41, 5.74) is -2.56. The van der Waals surface area contributed by atoms with E-state index < -0.39 is 45.8 Å². The maximum atomic E-state index is 12.5. The molecular weight excluding hydrogens is 508 g/mol. The van der Waals surface area contributed by atoms with Crippen LogP contribution in [0.4, 0.5) is 0 Å². The second kappa shape index (κ2) is 11.7. The molecule has 0 amide bonds. The van der Waals surface area contributed by atoms with Gasteiger partial charge < -0.3 is 40.1 Å². The summed E-state index contributed by atoms with van der Waals surface area (Å²) in [6, 6.07) is 0. The van der Waals surface area contributed by atoms with Crippen molar-refractivity contribution in [1.29, 1.82) is 0 Å². The Bertz CT molecular complexity index is 1170. The fourth-order valence-corrected chi connectivity index (χ4v) is 4.61. The first-order valence-electron chi connectivity index (χ1n) is 12.6. The van der Waals surface area contributed by atoms with Gasteiger partial charge in [-0.2, -0.15) is 0 Å². The first kappa shape index (κ1) is 31.7. The van der Waals surface area contributed by atoms with E-state index in [0.717, 1.165) is 0 Å². The van der Waals surface area contributed by atoms with Crippen molar-refractivity contribution in [1.82, 2.24) is 0 Å². The second-order valence-corrected chi connectivity index (χ2v) is 11.0. The lowest BCUT2D eigenvalue weighted by Crippen LogP contribution is -2.20. The van der Waals surface area contributed by atoms with Gasteiger partial charge in [0.1, 0.15) is 45.6 Å². The highest BCUT2D eigenvalue weighted by atomic mass is 16.5. The molecule has 2 aromatic rings. The van der Waals surface area contributed by atoms with Crippen LogP contribution in [0.2, 0.25) is 0 Å². The van der Waals surface area contributed by atoms with E-state index in [-0.39, 0.29) is 77.0 Å². The molecule has 6 N–H and O–H groups in total. The molecule has 2 aromatic carbocycles. The third kappa shape index (κ3) is 6.93. The first-order valence-corrected chi connectivity index (χ1v) is 12.6. The Labute approximate surface area is 228 Å². The minimum atomic E-state index is -1.11. The standard InChI is InChI=1S/C29H40O10/c1-14(30)20-22(32)16(9-11-28(3,4)36)26(38-7)18(24(20)34)13-19-25(35)21(15(2)31)23(33)17(27(19)39-8)10-12-29(5,6)37/h32-37H,9-13H2,1-8H3. The summed E-state index contributed by atoms with van der Waals surface area (Å²) in [6.07, 6.45) is 0.209. The van der Waals surface area contributed by atoms with E-state index in [9.17, 15) is 40.2 Å². The molecule has 0 atom stereocenters. The number of rotatable bonds is 12. The predicted molar refractivity (Wildman–Crippen MR) is 145 cm³/mol. The SMILES string of the molecule is COc1c(CCC(C)(C)O)c(O)c(C(C)=O)c(O)c1Cc1c(O)c(C(C)=O)c(O)c(CCC(C)(C)O)c1OC. The van der Waals surface area contributed by atoms with Gasteiger partial charge in [0.25, 0.3) is 0 Å². The van der Waals surface area contributed by atoms with Crippen LogP contribution in [-0.2, 0) is 19.3 Å². The Hall–Kier alpha value is -3.50. The summed E-state index contributed by atoms with van der Waals surface area (Å²) in [7, 11) is 2.62. The summed E-state index contributed by atoms with van der Waals surface area (Å²) in [4.78, 5) is 24.9. The Balaban J connectivity index is 2.94. The number of Topliss-reactive ketones (excluding diaryl/α,β-unsaturated/α-hetero) is 2. The number of phenols is 4. The molecule has 10 nitrogen and oxygen atoms in total. The highest BCUT2D eigenvalue weighted by Crippen LogP contribution is 2.49. The minimum absolute atomic E-state index is 0.0217. The predicted octanol–water partition coefficient (Wildman–Crippen LogP) is 3.93. The molecule has 2 rings (SSSR count). The van der Waals surface area contributed by atoms with E-state index in [2.05, 4.69) is 0 Å². The van der Waals surface area contributed by atoms with Crippen LogP contribution in [0.15, 0.2) is 0 Å². The quantitative estimate of drug-likeness (QED) is 0.213. The fourth-order valence-electron chi connectivity index (χ4n) is 4.61. The molecule has 216 valence electrons. The molecule has 0 spiro atoms. The lowest BCUT2D eigenvalue weighted by atomic mass is 9.87. The lowest BCUT2D eigenvalue weighted by molar-refractivity contribution is 0.0704. The third-order valence-electron chi connectivity index (χ3n) is 6.63. The van der Waals surface area contributed by atoms with Gasteiger partial charge in [-0.3, -0.25) is 9.59 Å². The Morgan fingerprint density at radius 3 is 1.13 bits per heavy atom. The van der Waals surface area contributed by atoms with E-state index in [1.54, 1.807) is 27.7 Å². The van der Waals surface area contributed by atoms with E-state index in [4.69, 9.17) is 9.47 Å². The van der Waals surface area contributed by atoms with Crippen LogP contribution in [-0.4, -0.2) is 67.6 Å². The minimum Gasteiger partial charge on any atom is -0.507 e. The van der Waals surface area contributed by atoms with Crippen LogP contribution in [0.25, 0.3) is 0 Å². The van der Waals surface area contributed by atoms with Gasteiger partial charge in [0.2, 0.25) is 0 Å².